The lowest BCUT2D eigenvalue weighted by Crippen LogP contribution is -2.29. The average Bonchev–Trinajstić information content (AvgIpc) is 2.29. The molecule has 0 aliphatic rings. The Hall–Kier alpha value is -0.620. The van der Waals surface area contributed by atoms with Crippen LogP contribution >= 0.6 is 11.6 Å². The summed E-state index contributed by atoms with van der Waals surface area (Å²) in [5, 5.41) is 0.577. The second-order valence-corrected chi connectivity index (χ2v) is 6.41. The lowest BCUT2D eigenvalue weighted by Gasteiger charge is -2.17. The topological polar surface area (TPSA) is 63.4 Å². The fraction of sp³-hybridized carbons (Fsp3) is 0.455. The van der Waals surface area contributed by atoms with Crippen molar-refractivity contribution in [3.05, 3.63) is 34.9 Å². The van der Waals surface area contributed by atoms with Crippen LogP contribution in [0.4, 0.5) is 0 Å². The minimum atomic E-state index is -3.24. The number of hydrogen-bond donors (Lipinski definition) is 1. The van der Waals surface area contributed by atoms with Gasteiger partial charge in [0.15, 0.2) is 0 Å². The summed E-state index contributed by atoms with van der Waals surface area (Å²) in [5.74, 6) is 0.0739. The van der Waals surface area contributed by atoms with Crippen LogP contribution in [0.3, 0.4) is 0 Å². The molecule has 1 aromatic carbocycles. The third-order valence-electron chi connectivity index (χ3n) is 2.43. The average molecular weight is 277 g/mol. The second kappa shape index (κ2) is 6.35. The summed E-state index contributed by atoms with van der Waals surface area (Å²) < 4.78 is 25.0. The van der Waals surface area contributed by atoms with Gasteiger partial charge in [-0.1, -0.05) is 29.8 Å². The van der Waals surface area contributed by atoms with Crippen molar-refractivity contribution >= 4 is 21.6 Å². The molecule has 0 fully saturated rings. The van der Waals surface area contributed by atoms with Gasteiger partial charge in [-0.25, -0.2) is 12.7 Å². The number of nitrogens with zero attached hydrogens (tertiary/aromatic N) is 1. The number of hydrogen-bond acceptors (Lipinski definition) is 3. The summed E-state index contributed by atoms with van der Waals surface area (Å²) >= 11 is 5.98. The van der Waals surface area contributed by atoms with Gasteiger partial charge in [-0.2, -0.15) is 0 Å². The van der Waals surface area contributed by atoms with E-state index in [2.05, 4.69) is 0 Å². The largest absolute Gasteiger partial charge is 0.330 e. The molecule has 4 nitrogen and oxygen atoms in total. The van der Waals surface area contributed by atoms with Gasteiger partial charge in [0.25, 0.3) is 0 Å². The number of sulfonamides is 1. The fourth-order valence-corrected chi connectivity index (χ4v) is 2.76. The van der Waals surface area contributed by atoms with Crippen molar-refractivity contribution in [2.45, 2.75) is 13.0 Å². The number of benzene rings is 1. The van der Waals surface area contributed by atoms with Gasteiger partial charge in [0, 0.05) is 18.6 Å². The zero-order chi connectivity index (χ0) is 12.9. The first-order valence-electron chi connectivity index (χ1n) is 5.35. The van der Waals surface area contributed by atoms with E-state index < -0.39 is 10.0 Å². The molecule has 0 spiro atoms. The molecule has 0 saturated carbocycles. The molecule has 2 N–H and O–H groups in total. The van der Waals surface area contributed by atoms with Gasteiger partial charge in [0.05, 0.1) is 5.75 Å². The maximum Gasteiger partial charge on any atom is 0.214 e. The molecule has 0 aromatic heterocycles. The SMILES string of the molecule is CN(Cc1ccccc1Cl)S(=O)(=O)CCCN. The van der Waals surface area contributed by atoms with Gasteiger partial charge in [0.2, 0.25) is 10.0 Å². The molecule has 1 rings (SSSR count). The minimum Gasteiger partial charge on any atom is -0.330 e. The highest BCUT2D eigenvalue weighted by Crippen LogP contribution is 2.17. The molecule has 0 saturated heterocycles. The summed E-state index contributed by atoms with van der Waals surface area (Å²) in [4.78, 5) is 0. The van der Waals surface area contributed by atoms with Crippen molar-refractivity contribution in [3.63, 3.8) is 0 Å². The normalized spacial score (nSPS) is 12.0. The third-order valence-corrected chi connectivity index (χ3v) is 4.68. The van der Waals surface area contributed by atoms with Crippen LogP contribution in [0.15, 0.2) is 24.3 Å². The molecule has 0 amide bonds. The van der Waals surface area contributed by atoms with Crippen LogP contribution in [-0.2, 0) is 16.6 Å². The van der Waals surface area contributed by atoms with E-state index in [0.29, 0.717) is 18.0 Å². The van der Waals surface area contributed by atoms with E-state index in [1.165, 1.54) is 4.31 Å². The summed E-state index contributed by atoms with van der Waals surface area (Å²) in [5.41, 5.74) is 6.11. The van der Waals surface area contributed by atoms with E-state index in [9.17, 15) is 8.42 Å². The first kappa shape index (κ1) is 14.4. The van der Waals surface area contributed by atoms with Crippen LogP contribution in [0, 0.1) is 0 Å². The van der Waals surface area contributed by atoms with Gasteiger partial charge in [-0.15, -0.1) is 0 Å². The highest BCUT2D eigenvalue weighted by molar-refractivity contribution is 7.89. The third kappa shape index (κ3) is 4.27. The van der Waals surface area contributed by atoms with E-state index in [-0.39, 0.29) is 12.3 Å². The highest BCUT2D eigenvalue weighted by Gasteiger charge is 2.17. The first-order valence-corrected chi connectivity index (χ1v) is 7.33. The van der Waals surface area contributed by atoms with Crippen molar-refractivity contribution in [3.8, 4) is 0 Å². The Bertz CT molecular complexity index is 462. The Morgan fingerprint density at radius 2 is 2.00 bits per heavy atom. The van der Waals surface area contributed by atoms with Gasteiger partial charge in [-0.05, 0) is 24.6 Å². The van der Waals surface area contributed by atoms with Crippen LogP contribution in [0.2, 0.25) is 5.02 Å². The van der Waals surface area contributed by atoms with Crippen LogP contribution < -0.4 is 5.73 Å². The minimum absolute atomic E-state index is 0.0739. The monoisotopic (exact) mass is 276 g/mol. The molecular weight excluding hydrogens is 260 g/mol. The lowest BCUT2D eigenvalue weighted by molar-refractivity contribution is 0.465. The Morgan fingerprint density at radius 3 is 2.59 bits per heavy atom. The Kier molecular flexibility index (Phi) is 5.39. The number of halogens is 1. The van der Waals surface area contributed by atoms with Crippen LogP contribution in [0.5, 0.6) is 0 Å². The molecule has 0 radical (unpaired) electrons. The lowest BCUT2D eigenvalue weighted by atomic mass is 10.2. The van der Waals surface area contributed by atoms with Gasteiger partial charge in [0.1, 0.15) is 0 Å². The maximum atomic E-state index is 11.8. The van der Waals surface area contributed by atoms with Gasteiger partial charge >= 0.3 is 0 Å². The molecule has 0 atom stereocenters. The molecule has 6 heteroatoms. The van der Waals surface area contributed by atoms with E-state index >= 15 is 0 Å². The Labute approximate surface area is 107 Å². The summed E-state index contributed by atoms with van der Waals surface area (Å²) in [7, 11) is -1.69. The standard InChI is InChI=1S/C11H17ClN2O2S/c1-14(17(15,16)8-4-7-13)9-10-5-2-3-6-11(10)12/h2-3,5-6H,4,7-9,13H2,1H3. The van der Waals surface area contributed by atoms with Gasteiger partial charge < -0.3 is 5.73 Å². The van der Waals surface area contributed by atoms with Crippen molar-refractivity contribution in [1.29, 1.82) is 0 Å². The molecule has 96 valence electrons. The molecule has 17 heavy (non-hydrogen) atoms. The molecule has 0 unspecified atom stereocenters. The van der Waals surface area contributed by atoms with E-state index in [4.69, 9.17) is 17.3 Å². The van der Waals surface area contributed by atoms with E-state index in [0.717, 1.165) is 5.56 Å². The summed E-state index contributed by atoms with van der Waals surface area (Å²) in [6.45, 7) is 0.658. The summed E-state index contributed by atoms with van der Waals surface area (Å²) in [6, 6.07) is 7.21. The van der Waals surface area contributed by atoms with Crippen LogP contribution in [0.1, 0.15) is 12.0 Å². The first-order chi connectivity index (χ1) is 7.97. The second-order valence-electron chi connectivity index (χ2n) is 3.81. The van der Waals surface area contributed by atoms with E-state index in [1.807, 2.05) is 18.2 Å². The Morgan fingerprint density at radius 1 is 1.35 bits per heavy atom. The Balaban J connectivity index is 2.72. The van der Waals surface area contributed by atoms with E-state index in [1.54, 1.807) is 13.1 Å². The molecule has 0 heterocycles. The number of rotatable bonds is 6. The summed E-state index contributed by atoms with van der Waals surface area (Å²) in [6.07, 6.45) is 0.467. The maximum absolute atomic E-state index is 11.8. The van der Waals surface area contributed by atoms with Crippen molar-refractivity contribution in [1.82, 2.24) is 4.31 Å². The number of nitrogens with two attached hydrogens (primary N) is 1. The highest BCUT2D eigenvalue weighted by atomic mass is 35.5. The fourth-order valence-electron chi connectivity index (χ4n) is 1.39. The predicted molar refractivity (Wildman–Crippen MR) is 70.4 cm³/mol. The predicted octanol–water partition coefficient (Wildman–Crippen LogP) is 1.45. The zero-order valence-electron chi connectivity index (χ0n) is 9.77. The smallest absolute Gasteiger partial charge is 0.214 e. The molecular formula is C11H17ClN2O2S. The van der Waals surface area contributed by atoms with Crippen molar-refractivity contribution < 1.29 is 8.42 Å². The quantitative estimate of drug-likeness (QED) is 0.855. The zero-order valence-corrected chi connectivity index (χ0v) is 11.3. The van der Waals surface area contributed by atoms with Crippen molar-refractivity contribution in [2.75, 3.05) is 19.3 Å². The molecule has 0 aliphatic carbocycles. The van der Waals surface area contributed by atoms with Crippen LogP contribution in [-0.4, -0.2) is 32.1 Å². The van der Waals surface area contributed by atoms with Crippen molar-refractivity contribution in [2.24, 2.45) is 5.73 Å². The molecule has 0 bridgehead atoms. The van der Waals surface area contributed by atoms with Gasteiger partial charge in [-0.3, -0.25) is 0 Å². The molecule has 1 aromatic rings. The molecule has 0 aliphatic heterocycles. The van der Waals surface area contributed by atoms with Crippen LogP contribution in [0.25, 0.3) is 0 Å².